The molecule has 0 unspecified atom stereocenters. The maximum Gasteiger partial charge on any atom is 0.137 e. The third-order valence-corrected chi connectivity index (χ3v) is 5.19. The van der Waals surface area contributed by atoms with E-state index >= 15 is 0 Å². The van der Waals surface area contributed by atoms with Crippen molar-refractivity contribution in [3.8, 4) is 0 Å². The Hall–Kier alpha value is -0.570. The van der Waals surface area contributed by atoms with Crippen LogP contribution in [-0.2, 0) is 0 Å². The third kappa shape index (κ3) is 1.32. The first-order valence-corrected chi connectivity index (χ1v) is 5.86. The number of fused-ring (bicyclic) bond motifs is 1. The Bertz CT molecular complexity index is 309. The summed E-state index contributed by atoms with van der Waals surface area (Å²) in [6, 6.07) is 0. The van der Waals surface area contributed by atoms with Crippen LogP contribution in [0.2, 0.25) is 0 Å². The second-order valence-electron chi connectivity index (χ2n) is 6.32. The van der Waals surface area contributed by atoms with Gasteiger partial charge in [-0.2, -0.15) is 0 Å². The molecular formula is C12H23N2O+. The van der Waals surface area contributed by atoms with Crippen LogP contribution in [0.4, 0.5) is 0 Å². The fourth-order valence-corrected chi connectivity index (χ4v) is 3.30. The van der Waals surface area contributed by atoms with Gasteiger partial charge < -0.3 is 10.1 Å². The van der Waals surface area contributed by atoms with Gasteiger partial charge >= 0.3 is 0 Å². The Morgan fingerprint density at radius 1 is 1.27 bits per heavy atom. The van der Waals surface area contributed by atoms with Gasteiger partial charge in [0.1, 0.15) is 11.3 Å². The molecule has 15 heavy (non-hydrogen) atoms. The predicted octanol–water partition coefficient (Wildman–Crippen LogP) is 0.786. The van der Waals surface area contributed by atoms with E-state index in [1.807, 2.05) is 0 Å². The third-order valence-electron chi connectivity index (χ3n) is 5.19. The Balaban J connectivity index is 2.27. The van der Waals surface area contributed by atoms with Crippen LogP contribution in [0.3, 0.4) is 0 Å². The smallest absolute Gasteiger partial charge is 0.137 e. The standard InChI is InChI=1S/C12H22N2O/c1-11(2)8-6-10(13-15)12(3,14(4)5)7-9(8)11/h8-9,15H,6-7H2,1-5H3/p+1/b13-10-/t8-,9+,12-/m1/s1. The number of quaternary nitrogens is 1. The van der Waals surface area contributed by atoms with E-state index in [4.69, 9.17) is 5.21 Å². The van der Waals surface area contributed by atoms with E-state index in [-0.39, 0.29) is 5.54 Å². The molecule has 0 radical (unpaired) electrons. The minimum atomic E-state index is 0.0314. The van der Waals surface area contributed by atoms with Gasteiger partial charge in [-0.05, 0) is 30.6 Å². The molecule has 0 aromatic rings. The van der Waals surface area contributed by atoms with Gasteiger partial charge in [-0.15, -0.1) is 0 Å². The van der Waals surface area contributed by atoms with Gasteiger partial charge in [0.25, 0.3) is 0 Å². The maximum atomic E-state index is 9.16. The average Bonchev–Trinajstić information content (AvgIpc) is 2.66. The van der Waals surface area contributed by atoms with Gasteiger partial charge in [-0.25, -0.2) is 0 Å². The summed E-state index contributed by atoms with van der Waals surface area (Å²) in [6.45, 7) is 6.91. The van der Waals surface area contributed by atoms with Crippen molar-refractivity contribution in [2.75, 3.05) is 14.1 Å². The van der Waals surface area contributed by atoms with Crippen molar-refractivity contribution in [3.05, 3.63) is 0 Å². The minimum absolute atomic E-state index is 0.0314. The Morgan fingerprint density at radius 3 is 2.33 bits per heavy atom. The SMILES string of the molecule is C[NH+](C)[C@]1(C)C[C@H]2[C@@H](C/C1=N/O)C2(C)C. The maximum absolute atomic E-state index is 9.16. The average molecular weight is 211 g/mol. The van der Waals surface area contributed by atoms with Gasteiger partial charge in [0.15, 0.2) is 0 Å². The van der Waals surface area contributed by atoms with Crippen LogP contribution in [0.25, 0.3) is 0 Å². The lowest BCUT2D eigenvalue weighted by molar-refractivity contribution is -0.901. The van der Waals surface area contributed by atoms with Gasteiger partial charge in [0.05, 0.1) is 14.1 Å². The Morgan fingerprint density at radius 2 is 1.87 bits per heavy atom. The molecular weight excluding hydrogens is 188 g/mol. The zero-order valence-corrected chi connectivity index (χ0v) is 10.5. The lowest BCUT2D eigenvalue weighted by Crippen LogP contribution is -3.16. The van der Waals surface area contributed by atoms with Crippen molar-refractivity contribution in [2.45, 2.75) is 39.2 Å². The van der Waals surface area contributed by atoms with E-state index in [1.165, 1.54) is 4.90 Å². The van der Waals surface area contributed by atoms with Crippen LogP contribution in [-0.4, -0.2) is 30.6 Å². The molecule has 3 nitrogen and oxygen atoms in total. The van der Waals surface area contributed by atoms with Crippen LogP contribution in [0.15, 0.2) is 5.16 Å². The summed E-state index contributed by atoms with van der Waals surface area (Å²) in [5.41, 5.74) is 1.49. The fraction of sp³-hybridized carbons (Fsp3) is 0.917. The lowest BCUT2D eigenvalue weighted by Gasteiger charge is -2.36. The molecule has 2 aliphatic carbocycles. The molecule has 0 heterocycles. The summed E-state index contributed by atoms with van der Waals surface area (Å²) < 4.78 is 0. The van der Waals surface area contributed by atoms with Crippen LogP contribution in [0.5, 0.6) is 0 Å². The monoisotopic (exact) mass is 211 g/mol. The van der Waals surface area contributed by atoms with Crippen LogP contribution < -0.4 is 4.90 Å². The van der Waals surface area contributed by atoms with E-state index < -0.39 is 0 Å². The van der Waals surface area contributed by atoms with Gasteiger partial charge in [0.2, 0.25) is 0 Å². The molecule has 86 valence electrons. The largest absolute Gasteiger partial charge is 0.411 e. The highest BCUT2D eigenvalue weighted by Crippen LogP contribution is 2.65. The molecule has 0 aromatic heterocycles. The van der Waals surface area contributed by atoms with Crippen molar-refractivity contribution in [2.24, 2.45) is 22.4 Å². The van der Waals surface area contributed by atoms with Crippen molar-refractivity contribution in [1.29, 1.82) is 0 Å². The van der Waals surface area contributed by atoms with Crippen molar-refractivity contribution in [1.82, 2.24) is 0 Å². The molecule has 2 fully saturated rings. The molecule has 2 saturated carbocycles. The van der Waals surface area contributed by atoms with Crippen LogP contribution in [0, 0.1) is 17.3 Å². The number of hydrogen-bond acceptors (Lipinski definition) is 2. The number of hydrogen-bond donors (Lipinski definition) is 2. The molecule has 3 heteroatoms. The molecule has 0 spiro atoms. The van der Waals surface area contributed by atoms with Gasteiger partial charge in [0, 0.05) is 6.42 Å². The Kier molecular flexibility index (Phi) is 2.16. The van der Waals surface area contributed by atoms with E-state index in [0.717, 1.165) is 30.4 Å². The summed E-state index contributed by atoms with van der Waals surface area (Å²) in [5.74, 6) is 1.57. The van der Waals surface area contributed by atoms with Gasteiger partial charge in [-0.1, -0.05) is 19.0 Å². The van der Waals surface area contributed by atoms with Crippen LogP contribution in [0.1, 0.15) is 33.6 Å². The zero-order valence-electron chi connectivity index (χ0n) is 10.5. The van der Waals surface area contributed by atoms with Crippen molar-refractivity contribution < 1.29 is 10.1 Å². The Labute approximate surface area is 92.1 Å². The highest BCUT2D eigenvalue weighted by Gasteiger charge is 2.65. The zero-order chi connectivity index (χ0) is 11.4. The highest BCUT2D eigenvalue weighted by atomic mass is 16.4. The van der Waals surface area contributed by atoms with Crippen LogP contribution >= 0.6 is 0 Å². The van der Waals surface area contributed by atoms with Crippen molar-refractivity contribution in [3.63, 3.8) is 0 Å². The van der Waals surface area contributed by atoms with E-state index in [2.05, 4.69) is 40.0 Å². The molecule has 2 N–H and O–H groups in total. The van der Waals surface area contributed by atoms with Crippen molar-refractivity contribution >= 4 is 5.71 Å². The molecule has 2 aliphatic rings. The molecule has 0 amide bonds. The first-order chi connectivity index (χ1) is 6.84. The summed E-state index contributed by atoms with van der Waals surface area (Å²) in [5, 5.41) is 12.7. The summed E-state index contributed by atoms with van der Waals surface area (Å²) in [6.07, 6.45) is 2.14. The number of nitrogens with one attached hydrogen (secondary N) is 1. The normalized spacial score (nSPS) is 45.6. The highest BCUT2D eigenvalue weighted by molar-refractivity contribution is 5.93. The first-order valence-electron chi connectivity index (χ1n) is 5.86. The number of oxime groups is 1. The summed E-state index contributed by atoms with van der Waals surface area (Å²) >= 11 is 0. The quantitative estimate of drug-likeness (QED) is 0.488. The van der Waals surface area contributed by atoms with E-state index in [9.17, 15) is 0 Å². The number of nitrogens with zero attached hydrogens (tertiary/aromatic N) is 1. The molecule has 2 rings (SSSR count). The second-order valence-corrected chi connectivity index (χ2v) is 6.32. The molecule has 3 atom stereocenters. The minimum Gasteiger partial charge on any atom is -0.411 e. The van der Waals surface area contributed by atoms with E-state index in [0.29, 0.717) is 5.41 Å². The first kappa shape index (κ1) is 10.9. The summed E-state index contributed by atoms with van der Waals surface area (Å²) in [4.78, 5) is 1.37. The topological polar surface area (TPSA) is 37.0 Å². The fourth-order valence-electron chi connectivity index (χ4n) is 3.30. The number of rotatable bonds is 1. The van der Waals surface area contributed by atoms with E-state index in [1.54, 1.807) is 0 Å². The molecule has 0 bridgehead atoms. The summed E-state index contributed by atoms with van der Waals surface area (Å²) in [7, 11) is 4.31. The molecule has 0 saturated heterocycles. The van der Waals surface area contributed by atoms with Gasteiger partial charge in [-0.3, -0.25) is 0 Å². The second kappa shape index (κ2) is 2.97. The molecule has 0 aromatic carbocycles. The molecule has 0 aliphatic heterocycles. The predicted molar refractivity (Wildman–Crippen MR) is 60.4 cm³/mol. The lowest BCUT2D eigenvalue weighted by atomic mass is 9.80.